The van der Waals surface area contributed by atoms with E-state index in [4.69, 9.17) is 16.2 Å². The lowest BCUT2D eigenvalue weighted by Gasteiger charge is -2.36. The first-order valence-corrected chi connectivity index (χ1v) is 9.09. The average Bonchev–Trinajstić information content (AvgIpc) is 2.67. The molecule has 0 saturated heterocycles. The summed E-state index contributed by atoms with van der Waals surface area (Å²) in [5.41, 5.74) is 11.8. The van der Waals surface area contributed by atoms with Gasteiger partial charge in [0.05, 0.1) is 18.5 Å². The van der Waals surface area contributed by atoms with Crippen molar-refractivity contribution in [1.29, 1.82) is 0 Å². The van der Waals surface area contributed by atoms with Gasteiger partial charge in [-0.2, -0.15) is 0 Å². The molecule has 3 unspecified atom stereocenters. The van der Waals surface area contributed by atoms with E-state index >= 15 is 0 Å². The zero-order valence-corrected chi connectivity index (χ0v) is 14.8. The predicted molar refractivity (Wildman–Crippen MR) is 94.3 cm³/mol. The summed E-state index contributed by atoms with van der Waals surface area (Å²) in [6, 6.07) is 7.66. The number of ether oxygens (including phenoxy) is 1. The number of hydrogen-bond acceptors (Lipinski definition) is 5. The lowest BCUT2D eigenvalue weighted by atomic mass is 9.75. The predicted octanol–water partition coefficient (Wildman–Crippen LogP) is 2.21. The Morgan fingerprint density at radius 2 is 1.85 bits per heavy atom. The van der Waals surface area contributed by atoms with Crippen LogP contribution in [-0.2, 0) is 16.1 Å². The minimum absolute atomic E-state index is 0.0407. The highest BCUT2D eigenvalue weighted by molar-refractivity contribution is 5.74. The van der Waals surface area contributed by atoms with Crippen molar-refractivity contribution in [2.75, 3.05) is 6.54 Å². The van der Waals surface area contributed by atoms with Crippen LogP contribution in [0.5, 0.6) is 0 Å². The Morgan fingerprint density at radius 1 is 1.23 bits per heavy atom. The van der Waals surface area contributed by atoms with Crippen LogP contribution in [0.4, 0.5) is 8.78 Å². The van der Waals surface area contributed by atoms with Crippen molar-refractivity contribution in [2.45, 2.75) is 56.8 Å². The van der Waals surface area contributed by atoms with Gasteiger partial charge in [-0.25, -0.2) is 8.78 Å². The standard InChI is InChI=1S/C19H28F2N2O3/c20-19(21,12-22)17(24)16(23)15(14-9-5-2-6-10-14)18(25)26-11-13-7-3-1-4-8-13/h1,3-4,7-8,14-17,24H,2,5-6,9-12,22-23H2. The maximum Gasteiger partial charge on any atom is 0.311 e. The molecule has 0 aromatic heterocycles. The molecule has 26 heavy (non-hydrogen) atoms. The highest BCUT2D eigenvalue weighted by Gasteiger charge is 2.47. The molecular weight excluding hydrogens is 342 g/mol. The van der Waals surface area contributed by atoms with Crippen LogP contribution < -0.4 is 11.5 Å². The molecule has 0 heterocycles. The van der Waals surface area contributed by atoms with Crippen molar-refractivity contribution in [1.82, 2.24) is 0 Å². The SMILES string of the molecule is NCC(F)(F)C(O)C(N)C(C(=O)OCc1ccccc1)C1CCCCC1. The number of esters is 1. The van der Waals surface area contributed by atoms with Gasteiger partial charge < -0.3 is 21.3 Å². The monoisotopic (exact) mass is 370 g/mol. The number of aliphatic hydroxyl groups excluding tert-OH is 1. The molecule has 0 amide bonds. The fourth-order valence-electron chi connectivity index (χ4n) is 3.58. The van der Waals surface area contributed by atoms with Gasteiger partial charge in [-0.05, 0) is 24.3 Å². The third kappa shape index (κ3) is 5.22. The van der Waals surface area contributed by atoms with Crippen LogP contribution in [0, 0.1) is 11.8 Å². The number of hydrogen-bond donors (Lipinski definition) is 3. The molecule has 146 valence electrons. The van der Waals surface area contributed by atoms with Gasteiger partial charge in [0.2, 0.25) is 0 Å². The van der Waals surface area contributed by atoms with Crippen molar-refractivity contribution in [3.63, 3.8) is 0 Å². The Balaban J connectivity index is 2.13. The largest absolute Gasteiger partial charge is 0.461 e. The number of aliphatic hydroxyl groups is 1. The van der Waals surface area contributed by atoms with E-state index in [1.807, 2.05) is 18.2 Å². The summed E-state index contributed by atoms with van der Waals surface area (Å²) in [5, 5.41) is 10.0. The minimum atomic E-state index is -3.55. The van der Waals surface area contributed by atoms with E-state index in [0.29, 0.717) is 12.8 Å². The first-order chi connectivity index (χ1) is 12.4. The number of nitrogens with two attached hydrogens (primary N) is 2. The third-order valence-corrected chi connectivity index (χ3v) is 5.14. The van der Waals surface area contributed by atoms with Crippen molar-refractivity contribution in [2.24, 2.45) is 23.3 Å². The quantitative estimate of drug-likeness (QED) is 0.610. The average molecular weight is 370 g/mol. The van der Waals surface area contributed by atoms with Gasteiger partial charge in [-0.1, -0.05) is 49.6 Å². The summed E-state index contributed by atoms with van der Waals surface area (Å²) in [6.07, 6.45) is 2.08. The second-order valence-corrected chi connectivity index (χ2v) is 7.00. The van der Waals surface area contributed by atoms with Crippen LogP contribution in [0.25, 0.3) is 0 Å². The van der Waals surface area contributed by atoms with E-state index in [1.165, 1.54) is 0 Å². The van der Waals surface area contributed by atoms with E-state index in [0.717, 1.165) is 24.8 Å². The molecule has 1 aromatic rings. The molecule has 3 atom stereocenters. The molecule has 0 aliphatic heterocycles. The van der Waals surface area contributed by atoms with Crippen LogP contribution in [0.15, 0.2) is 30.3 Å². The molecule has 1 fully saturated rings. The number of benzene rings is 1. The van der Waals surface area contributed by atoms with Crippen LogP contribution in [-0.4, -0.2) is 35.7 Å². The summed E-state index contributed by atoms with van der Waals surface area (Å²) in [7, 11) is 0. The minimum Gasteiger partial charge on any atom is -0.461 e. The van der Waals surface area contributed by atoms with Crippen molar-refractivity contribution in [3.05, 3.63) is 35.9 Å². The van der Waals surface area contributed by atoms with Gasteiger partial charge in [0.15, 0.2) is 0 Å². The molecule has 2 rings (SSSR count). The summed E-state index contributed by atoms with van der Waals surface area (Å²) in [5.74, 6) is -5.34. The van der Waals surface area contributed by atoms with Crippen molar-refractivity contribution >= 4 is 5.97 Å². The molecule has 1 aromatic carbocycles. The van der Waals surface area contributed by atoms with Crippen LogP contribution in [0.3, 0.4) is 0 Å². The van der Waals surface area contributed by atoms with E-state index in [2.05, 4.69) is 0 Å². The molecule has 0 bridgehead atoms. The van der Waals surface area contributed by atoms with E-state index in [9.17, 15) is 18.7 Å². The Hall–Kier alpha value is -1.57. The number of alkyl halides is 2. The highest BCUT2D eigenvalue weighted by Crippen LogP contribution is 2.35. The molecule has 7 heteroatoms. The maximum absolute atomic E-state index is 13.8. The smallest absolute Gasteiger partial charge is 0.311 e. The molecule has 5 nitrogen and oxygen atoms in total. The van der Waals surface area contributed by atoms with E-state index < -0.39 is 36.5 Å². The van der Waals surface area contributed by atoms with Gasteiger partial charge in [0.1, 0.15) is 12.7 Å². The normalized spacial score (nSPS) is 19.6. The lowest BCUT2D eigenvalue weighted by Crippen LogP contribution is -2.57. The Kier molecular flexibility index (Phi) is 7.49. The second-order valence-electron chi connectivity index (χ2n) is 7.00. The molecule has 1 aliphatic rings. The highest BCUT2D eigenvalue weighted by atomic mass is 19.3. The maximum atomic E-state index is 13.8. The van der Waals surface area contributed by atoms with Crippen LogP contribution in [0.1, 0.15) is 37.7 Å². The molecule has 5 N–H and O–H groups in total. The van der Waals surface area contributed by atoms with Gasteiger partial charge in [0.25, 0.3) is 5.92 Å². The zero-order chi connectivity index (χ0) is 19.2. The van der Waals surface area contributed by atoms with Crippen LogP contribution in [0.2, 0.25) is 0 Å². The number of rotatable bonds is 8. The molecule has 1 saturated carbocycles. The molecule has 1 aliphatic carbocycles. The molecular formula is C19H28F2N2O3. The first kappa shape index (κ1) is 20.7. The Morgan fingerprint density at radius 3 is 2.42 bits per heavy atom. The topological polar surface area (TPSA) is 98.6 Å². The van der Waals surface area contributed by atoms with Gasteiger partial charge in [0, 0.05) is 0 Å². The Labute approximate surface area is 152 Å². The fraction of sp³-hybridized carbons (Fsp3) is 0.632. The second kappa shape index (κ2) is 9.39. The lowest BCUT2D eigenvalue weighted by molar-refractivity contribution is -0.161. The van der Waals surface area contributed by atoms with Crippen molar-refractivity contribution < 1.29 is 23.4 Å². The van der Waals surface area contributed by atoms with Gasteiger partial charge in [-0.3, -0.25) is 4.79 Å². The summed E-state index contributed by atoms with van der Waals surface area (Å²) < 4.78 is 33.0. The zero-order valence-electron chi connectivity index (χ0n) is 14.8. The summed E-state index contributed by atoms with van der Waals surface area (Å²) in [6.45, 7) is -0.989. The number of halogens is 2. The Bertz CT molecular complexity index is 565. The summed E-state index contributed by atoms with van der Waals surface area (Å²) >= 11 is 0. The van der Waals surface area contributed by atoms with Crippen LogP contribution >= 0.6 is 0 Å². The van der Waals surface area contributed by atoms with Gasteiger partial charge >= 0.3 is 5.97 Å². The van der Waals surface area contributed by atoms with E-state index in [1.54, 1.807) is 12.1 Å². The number of carbonyl (C=O) groups excluding carboxylic acids is 1. The molecule has 0 spiro atoms. The number of carbonyl (C=O) groups is 1. The first-order valence-electron chi connectivity index (χ1n) is 9.09. The fourth-order valence-corrected chi connectivity index (χ4v) is 3.58. The van der Waals surface area contributed by atoms with Gasteiger partial charge in [-0.15, -0.1) is 0 Å². The molecule has 0 radical (unpaired) electrons. The summed E-state index contributed by atoms with van der Waals surface area (Å²) in [4.78, 5) is 12.7. The van der Waals surface area contributed by atoms with Crippen molar-refractivity contribution in [3.8, 4) is 0 Å². The van der Waals surface area contributed by atoms with E-state index in [-0.39, 0.29) is 12.5 Å². The third-order valence-electron chi connectivity index (χ3n) is 5.14.